The van der Waals surface area contributed by atoms with Crippen molar-refractivity contribution in [3.8, 4) is 0 Å². The van der Waals surface area contributed by atoms with Crippen LogP contribution in [0.25, 0.3) is 0 Å². The predicted molar refractivity (Wildman–Crippen MR) is 78.8 cm³/mol. The maximum absolute atomic E-state index is 14.1. The summed E-state index contributed by atoms with van der Waals surface area (Å²) in [6.45, 7) is 2.27. The van der Waals surface area contributed by atoms with Crippen molar-refractivity contribution >= 4 is 27.5 Å². The summed E-state index contributed by atoms with van der Waals surface area (Å²) in [6, 6.07) is 4.47. The Bertz CT molecular complexity index is 724. The Balaban J connectivity index is 2.14. The third-order valence-electron chi connectivity index (χ3n) is 3.39. The Hall–Kier alpha value is -1.89. The van der Waals surface area contributed by atoms with E-state index in [0.717, 1.165) is 0 Å². The summed E-state index contributed by atoms with van der Waals surface area (Å²) in [4.78, 5) is 8.67. The highest BCUT2D eigenvalue weighted by Gasteiger charge is 2.35. The Morgan fingerprint density at radius 3 is 2.90 bits per heavy atom. The quantitative estimate of drug-likeness (QED) is 0.781. The minimum Gasteiger partial charge on any atom is -0.399 e. The van der Waals surface area contributed by atoms with Gasteiger partial charge in [0.2, 0.25) is 0 Å². The van der Waals surface area contributed by atoms with Gasteiger partial charge in [-0.2, -0.15) is 0 Å². The van der Waals surface area contributed by atoms with Crippen molar-refractivity contribution < 1.29 is 4.39 Å². The Labute approximate surface area is 123 Å². The lowest BCUT2D eigenvalue weighted by atomic mass is 9.90. The van der Waals surface area contributed by atoms with E-state index >= 15 is 0 Å². The predicted octanol–water partition coefficient (Wildman–Crippen LogP) is 2.00. The van der Waals surface area contributed by atoms with Gasteiger partial charge in [0.15, 0.2) is 11.7 Å². The number of anilines is 1. The molecule has 4 N–H and O–H groups in total. The molecule has 1 aromatic carbocycles. The molecule has 0 radical (unpaired) electrons. The first-order valence-corrected chi connectivity index (χ1v) is 6.82. The number of nitrogens with two attached hydrogens (primary N) is 2. The van der Waals surface area contributed by atoms with E-state index in [1.807, 2.05) is 11.5 Å². The number of aliphatic imine (C=N–C) groups is 1. The molecular formula is C13H13BrFN5. The summed E-state index contributed by atoms with van der Waals surface area (Å²) in [5.41, 5.74) is 11.8. The molecule has 1 atom stereocenters. The average Bonchev–Trinajstić information content (AvgIpc) is 2.73. The minimum absolute atomic E-state index is 0.284. The van der Waals surface area contributed by atoms with Crippen LogP contribution in [0.2, 0.25) is 0 Å². The average molecular weight is 338 g/mol. The van der Waals surface area contributed by atoms with Crippen LogP contribution in [0.5, 0.6) is 0 Å². The first-order valence-electron chi connectivity index (χ1n) is 6.03. The lowest BCUT2D eigenvalue weighted by Gasteiger charge is -2.31. The summed E-state index contributed by atoms with van der Waals surface area (Å²) in [7, 11) is 0. The molecule has 0 saturated heterocycles. The van der Waals surface area contributed by atoms with Gasteiger partial charge in [-0.05, 0) is 41.1 Å². The maximum atomic E-state index is 14.1. The second kappa shape index (κ2) is 4.31. The van der Waals surface area contributed by atoms with Crippen LogP contribution in [0.3, 0.4) is 0 Å². The van der Waals surface area contributed by atoms with Crippen LogP contribution >= 0.6 is 15.9 Å². The molecule has 1 aliphatic heterocycles. The zero-order valence-corrected chi connectivity index (χ0v) is 12.4. The van der Waals surface area contributed by atoms with Gasteiger partial charge < -0.3 is 16.0 Å². The maximum Gasteiger partial charge on any atom is 0.176 e. The zero-order chi connectivity index (χ0) is 14.5. The number of nitrogen functional groups attached to an aromatic ring is 1. The van der Waals surface area contributed by atoms with Crippen molar-refractivity contribution in [2.75, 3.05) is 5.73 Å². The van der Waals surface area contributed by atoms with Crippen LogP contribution in [-0.2, 0) is 12.1 Å². The molecule has 0 fully saturated rings. The first kappa shape index (κ1) is 13.1. The fraction of sp³-hybridized carbons (Fsp3) is 0.231. The van der Waals surface area contributed by atoms with E-state index in [1.54, 1.807) is 12.3 Å². The van der Waals surface area contributed by atoms with Gasteiger partial charge in [0.05, 0.1) is 6.54 Å². The zero-order valence-electron chi connectivity index (χ0n) is 10.8. The van der Waals surface area contributed by atoms with Crippen LogP contribution in [0.15, 0.2) is 34.0 Å². The van der Waals surface area contributed by atoms with Crippen molar-refractivity contribution in [1.82, 2.24) is 9.55 Å². The highest BCUT2D eigenvalue weighted by Crippen LogP contribution is 2.34. The van der Waals surface area contributed by atoms with Gasteiger partial charge in [0, 0.05) is 17.4 Å². The van der Waals surface area contributed by atoms with E-state index in [0.29, 0.717) is 28.2 Å². The van der Waals surface area contributed by atoms with E-state index in [1.165, 1.54) is 12.1 Å². The number of nitrogens with zero attached hydrogens (tertiary/aromatic N) is 3. The molecule has 7 heteroatoms. The smallest absolute Gasteiger partial charge is 0.176 e. The number of fused-ring (bicyclic) bond motifs is 1. The van der Waals surface area contributed by atoms with Gasteiger partial charge in [-0.15, -0.1) is 0 Å². The number of halogens is 2. The SMILES string of the molecule is CC1(c2cc(N)ccc2F)Cn2cc(Br)nc2C(N)=N1. The number of aromatic nitrogens is 2. The van der Waals surface area contributed by atoms with E-state index in [2.05, 4.69) is 25.9 Å². The van der Waals surface area contributed by atoms with Crippen LogP contribution in [0, 0.1) is 5.82 Å². The molecule has 0 aliphatic carbocycles. The molecule has 1 aliphatic rings. The summed E-state index contributed by atoms with van der Waals surface area (Å²) < 4.78 is 16.6. The monoisotopic (exact) mass is 337 g/mol. The van der Waals surface area contributed by atoms with Crippen molar-refractivity contribution in [1.29, 1.82) is 0 Å². The van der Waals surface area contributed by atoms with Crippen molar-refractivity contribution in [2.24, 2.45) is 10.7 Å². The van der Waals surface area contributed by atoms with Crippen LogP contribution in [-0.4, -0.2) is 15.4 Å². The molecule has 0 saturated carbocycles. The summed E-state index contributed by atoms with van der Waals surface area (Å²) >= 11 is 3.30. The van der Waals surface area contributed by atoms with E-state index in [9.17, 15) is 4.39 Å². The molecule has 0 amide bonds. The van der Waals surface area contributed by atoms with Gasteiger partial charge in [-0.3, -0.25) is 4.99 Å². The number of hydrogen-bond acceptors (Lipinski definition) is 4. The Kier molecular flexibility index (Phi) is 2.82. The molecule has 1 unspecified atom stereocenters. The fourth-order valence-corrected chi connectivity index (χ4v) is 2.91. The highest BCUT2D eigenvalue weighted by atomic mass is 79.9. The van der Waals surface area contributed by atoms with Gasteiger partial charge in [-0.25, -0.2) is 9.37 Å². The Morgan fingerprint density at radius 2 is 2.15 bits per heavy atom. The number of hydrogen-bond donors (Lipinski definition) is 2. The van der Waals surface area contributed by atoms with Gasteiger partial charge in [0.25, 0.3) is 0 Å². The number of imidazole rings is 1. The lowest BCUT2D eigenvalue weighted by Crippen LogP contribution is -2.37. The number of rotatable bonds is 1. The second-order valence-electron chi connectivity index (χ2n) is 5.03. The molecule has 104 valence electrons. The molecule has 0 bridgehead atoms. The number of amidine groups is 1. The van der Waals surface area contributed by atoms with Crippen molar-refractivity contribution in [2.45, 2.75) is 19.0 Å². The highest BCUT2D eigenvalue weighted by molar-refractivity contribution is 9.10. The topological polar surface area (TPSA) is 82.2 Å². The Morgan fingerprint density at radius 1 is 1.40 bits per heavy atom. The fourth-order valence-electron chi connectivity index (χ4n) is 2.49. The van der Waals surface area contributed by atoms with Gasteiger partial charge >= 0.3 is 0 Å². The van der Waals surface area contributed by atoms with E-state index in [4.69, 9.17) is 11.5 Å². The molecule has 2 heterocycles. The summed E-state index contributed by atoms with van der Waals surface area (Å²) in [5, 5.41) is 0. The largest absolute Gasteiger partial charge is 0.399 e. The second-order valence-corrected chi connectivity index (χ2v) is 5.84. The van der Waals surface area contributed by atoms with Crippen molar-refractivity contribution in [3.63, 3.8) is 0 Å². The van der Waals surface area contributed by atoms with Crippen LogP contribution < -0.4 is 11.5 Å². The summed E-state index contributed by atoms with van der Waals surface area (Å²) in [6.07, 6.45) is 1.80. The summed E-state index contributed by atoms with van der Waals surface area (Å²) in [5.74, 6) is 0.519. The molecule has 2 aromatic rings. The van der Waals surface area contributed by atoms with Gasteiger partial charge in [-0.1, -0.05) is 0 Å². The molecule has 1 aromatic heterocycles. The standard InChI is InChI=1S/C13H13BrFN5/c1-13(8-4-7(16)2-3-9(8)15)6-20-5-10(14)18-12(20)11(17)19-13/h2-5H,6,16H2,1H3,(H2,17,19). The van der Waals surface area contributed by atoms with E-state index < -0.39 is 5.54 Å². The van der Waals surface area contributed by atoms with Crippen molar-refractivity contribution in [3.05, 3.63) is 46.2 Å². The normalized spacial score (nSPS) is 21.4. The molecule has 0 spiro atoms. The van der Waals surface area contributed by atoms with Gasteiger partial charge in [0.1, 0.15) is 16.0 Å². The van der Waals surface area contributed by atoms with Crippen LogP contribution in [0.4, 0.5) is 10.1 Å². The first-order chi connectivity index (χ1) is 9.39. The molecular weight excluding hydrogens is 325 g/mol. The lowest BCUT2D eigenvalue weighted by molar-refractivity contribution is 0.383. The van der Waals surface area contributed by atoms with Crippen LogP contribution in [0.1, 0.15) is 18.3 Å². The van der Waals surface area contributed by atoms with E-state index in [-0.39, 0.29) is 11.7 Å². The third-order valence-corrected chi connectivity index (χ3v) is 3.77. The molecule has 5 nitrogen and oxygen atoms in total. The molecule has 3 rings (SSSR count). The third kappa shape index (κ3) is 1.98. The minimum atomic E-state index is -0.809. The molecule has 20 heavy (non-hydrogen) atoms. The number of benzene rings is 1.